The quantitative estimate of drug-likeness (QED) is 0.262. The molecule has 5 rings (SSSR count). The fourth-order valence-corrected chi connectivity index (χ4v) is 4.21. The van der Waals surface area contributed by atoms with E-state index >= 15 is 0 Å². The van der Waals surface area contributed by atoms with E-state index in [0.29, 0.717) is 27.8 Å². The molecule has 1 aliphatic rings. The third kappa shape index (κ3) is 3.63. The first kappa shape index (κ1) is 21.7. The maximum absolute atomic E-state index is 13.1. The highest BCUT2D eigenvalue weighted by molar-refractivity contribution is 5.86. The van der Waals surface area contributed by atoms with Crippen molar-refractivity contribution in [2.24, 2.45) is 5.73 Å². The van der Waals surface area contributed by atoms with Crippen LogP contribution in [0, 0.1) is 21.4 Å². The highest BCUT2D eigenvalue weighted by Crippen LogP contribution is 2.44. The van der Waals surface area contributed by atoms with E-state index in [-0.39, 0.29) is 35.0 Å². The molecule has 2 aromatic heterocycles. The van der Waals surface area contributed by atoms with Gasteiger partial charge in [-0.3, -0.25) is 14.8 Å². The van der Waals surface area contributed by atoms with Crippen molar-refractivity contribution < 1.29 is 18.8 Å². The van der Waals surface area contributed by atoms with Gasteiger partial charge < -0.3 is 19.6 Å². The van der Waals surface area contributed by atoms with Crippen molar-refractivity contribution in [1.29, 1.82) is 5.26 Å². The molecule has 1 atom stereocenters. The van der Waals surface area contributed by atoms with Gasteiger partial charge in [-0.15, -0.1) is 0 Å². The number of fused-ring (bicyclic) bond motifs is 3. The van der Waals surface area contributed by atoms with Crippen molar-refractivity contribution in [1.82, 2.24) is 9.78 Å². The molecule has 0 unspecified atom stereocenters. The van der Waals surface area contributed by atoms with E-state index in [1.165, 1.54) is 18.0 Å². The highest BCUT2D eigenvalue weighted by Gasteiger charge is 2.35. The van der Waals surface area contributed by atoms with Crippen LogP contribution in [-0.2, 0) is 6.54 Å². The molecule has 3 heterocycles. The van der Waals surface area contributed by atoms with Crippen LogP contribution >= 0.6 is 0 Å². The lowest BCUT2D eigenvalue weighted by Crippen LogP contribution is -2.26. The Labute approximate surface area is 197 Å². The van der Waals surface area contributed by atoms with Crippen LogP contribution in [0.2, 0.25) is 0 Å². The van der Waals surface area contributed by atoms with E-state index in [1.807, 2.05) is 0 Å². The zero-order valence-corrected chi connectivity index (χ0v) is 18.3. The number of ether oxygens (including phenoxy) is 2. The molecule has 0 saturated heterocycles. The molecule has 1 aliphatic heterocycles. The number of rotatable bonds is 5. The summed E-state index contributed by atoms with van der Waals surface area (Å²) in [6.07, 6.45) is 2.45. The second kappa shape index (κ2) is 8.35. The van der Waals surface area contributed by atoms with Crippen LogP contribution in [0.15, 0.2) is 75.5 Å². The number of hydrogen-bond donors (Lipinski definition) is 1. The number of nitriles is 1. The molecular weight excluding hydrogens is 454 g/mol. The number of nitro groups is 1. The molecule has 4 aromatic rings. The summed E-state index contributed by atoms with van der Waals surface area (Å²) < 4.78 is 18.1. The van der Waals surface area contributed by atoms with Gasteiger partial charge in [0.15, 0.2) is 5.75 Å². The van der Waals surface area contributed by atoms with Crippen LogP contribution in [0.5, 0.6) is 11.5 Å². The molecule has 0 amide bonds. The van der Waals surface area contributed by atoms with E-state index in [9.17, 15) is 20.2 Å². The van der Waals surface area contributed by atoms with Gasteiger partial charge in [0.2, 0.25) is 5.88 Å². The monoisotopic (exact) mass is 471 g/mol. The average molecular weight is 471 g/mol. The summed E-state index contributed by atoms with van der Waals surface area (Å²) in [6.45, 7) is 0.147. The third-order valence-electron chi connectivity index (χ3n) is 5.77. The number of benzene rings is 2. The maximum atomic E-state index is 13.1. The third-order valence-corrected chi connectivity index (χ3v) is 5.77. The second-order valence-electron chi connectivity index (χ2n) is 7.78. The molecule has 0 saturated carbocycles. The number of hydrogen-bond acceptors (Lipinski definition) is 9. The van der Waals surface area contributed by atoms with Gasteiger partial charge >= 0.3 is 11.3 Å². The minimum absolute atomic E-state index is 0.0610. The number of nitrogens with two attached hydrogens (primary N) is 1. The summed E-state index contributed by atoms with van der Waals surface area (Å²) in [5.41, 5.74) is 7.06. The molecule has 2 N–H and O–H groups in total. The van der Waals surface area contributed by atoms with Crippen molar-refractivity contribution in [3.8, 4) is 17.6 Å². The van der Waals surface area contributed by atoms with E-state index < -0.39 is 16.5 Å². The fourth-order valence-electron chi connectivity index (χ4n) is 4.21. The van der Waals surface area contributed by atoms with E-state index in [4.69, 9.17) is 19.6 Å². The van der Waals surface area contributed by atoms with Gasteiger partial charge in [-0.25, -0.2) is 4.79 Å². The van der Waals surface area contributed by atoms with Crippen molar-refractivity contribution in [2.75, 3.05) is 7.11 Å². The molecule has 11 heteroatoms. The molecule has 0 fully saturated rings. The minimum atomic E-state index is -0.860. The lowest BCUT2D eigenvalue weighted by Gasteiger charge is -2.26. The summed E-state index contributed by atoms with van der Waals surface area (Å²) in [6, 6.07) is 14.1. The van der Waals surface area contributed by atoms with Crippen LogP contribution in [0.1, 0.15) is 22.6 Å². The lowest BCUT2D eigenvalue weighted by atomic mass is 9.83. The van der Waals surface area contributed by atoms with Crippen LogP contribution in [-0.4, -0.2) is 21.8 Å². The molecule has 35 heavy (non-hydrogen) atoms. The van der Waals surface area contributed by atoms with Gasteiger partial charge in [-0.2, -0.15) is 10.4 Å². The summed E-state index contributed by atoms with van der Waals surface area (Å²) in [5.74, 6) is -0.236. The topological polar surface area (TPSA) is 159 Å². The normalized spacial score (nSPS) is 14.8. The van der Waals surface area contributed by atoms with Gasteiger partial charge in [-0.05, 0) is 29.8 Å². The molecule has 174 valence electrons. The number of nitrogens with zero attached hydrogens (tertiary/aromatic N) is 4. The fraction of sp³-hybridized carbons (Fsp3) is 0.125. The van der Waals surface area contributed by atoms with Crippen LogP contribution in [0.4, 0.5) is 5.69 Å². The zero-order chi connectivity index (χ0) is 24.7. The Balaban J connectivity index is 1.68. The Bertz CT molecular complexity index is 1630. The number of para-hydroxylation sites is 1. The summed E-state index contributed by atoms with van der Waals surface area (Å²) in [7, 11) is 1.49. The van der Waals surface area contributed by atoms with Crippen molar-refractivity contribution in [3.05, 3.63) is 104 Å². The van der Waals surface area contributed by atoms with Crippen molar-refractivity contribution in [3.63, 3.8) is 0 Å². The van der Waals surface area contributed by atoms with E-state index in [1.54, 1.807) is 42.5 Å². The van der Waals surface area contributed by atoms with Crippen LogP contribution in [0.25, 0.3) is 11.0 Å². The number of aromatic nitrogens is 2. The Hall–Kier alpha value is -5.11. The van der Waals surface area contributed by atoms with Gasteiger partial charge in [-0.1, -0.05) is 18.2 Å². The van der Waals surface area contributed by atoms with Gasteiger partial charge in [0.25, 0.3) is 0 Å². The first-order valence-electron chi connectivity index (χ1n) is 10.4. The first-order chi connectivity index (χ1) is 16.9. The highest BCUT2D eigenvalue weighted by atomic mass is 16.6. The number of allylic oxidation sites excluding steroid dienone is 1. The van der Waals surface area contributed by atoms with E-state index in [0.717, 1.165) is 6.20 Å². The molecule has 2 aromatic carbocycles. The summed E-state index contributed by atoms with van der Waals surface area (Å²) in [5, 5.41) is 25.5. The molecule has 0 bridgehead atoms. The predicted molar refractivity (Wildman–Crippen MR) is 123 cm³/mol. The molecule has 0 radical (unpaired) electrons. The smallest absolute Gasteiger partial charge is 0.344 e. The van der Waals surface area contributed by atoms with E-state index in [2.05, 4.69) is 11.2 Å². The molecule has 0 spiro atoms. The van der Waals surface area contributed by atoms with Crippen LogP contribution < -0.4 is 20.8 Å². The first-order valence-corrected chi connectivity index (χ1v) is 10.4. The maximum Gasteiger partial charge on any atom is 0.344 e. The van der Waals surface area contributed by atoms with Crippen LogP contribution in [0.3, 0.4) is 0 Å². The Morgan fingerprint density at radius 2 is 2.11 bits per heavy atom. The van der Waals surface area contributed by atoms with Gasteiger partial charge in [0, 0.05) is 5.56 Å². The zero-order valence-electron chi connectivity index (χ0n) is 18.3. The SMILES string of the molecule is COc1ccc([C@H]2C(C#N)=C(N)Oc3c2c(=O)oc2ccccc32)cc1Cn1cc([N+](=O)[O-])cn1. The summed E-state index contributed by atoms with van der Waals surface area (Å²) in [4.78, 5) is 23.6. The predicted octanol–water partition coefficient (Wildman–Crippen LogP) is 3.17. The average Bonchev–Trinajstić information content (AvgIpc) is 3.32. The second-order valence-corrected chi connectivity index (χ2v) is 7.78. The summed E-state index contributed by atoms with van der Waals surface area (Å²) >= 11 is 0. The van der Waals surface area contributed by atoms with Crippen molar-refractivity contribution >= 4 is 16.7 Å². The molecular formula is C24H17N5O6. The largest absolute Gasteiger partial charge is 0.496 e. The Kier molecular flexibility index (Phi) is 5.18. The Morgan fingerprint density at radius 1 is 1.31 bits per heavy atom. The minimum Gasteiger partial charge on any atom is -0.496 e. The number of methoxy groups -OCH3 is 1. The standard InChI is InChI=1S/C24H17N5O6/c1-33-18-7-6-13(8-14(18)11-28-12-15(10-27-28)29(31)32)20-17(9-25)23(26)35-22-16-4-2-3-5-19(16)34-24(30)21(20)22/h2-8,10,12,20H,11,26H2,1H3/t20-/m0/s1. The lowest BCUT2D eigenvalue weighted by molar-refractivity contribution is -0.385. The Morgan fingerprint density at radius 3 is 2.83 bits per heavy atom. The van der Waals surface area contributed by atoms with Gasteiger partial charge in [0.05, 0.1) is 35.4 Å². The molecule has 0 aliphatic carbocycles. The van der Waals surface area contributed by atoms with Gasteiger partial charge in [0.1, 0.15) is 35.4 Å². The molecule has 11 nitrogen and oxygen atoms in total. The van der Waals surface area contributed by atoms with Crippen molar-refractivity contribution in [2.45, 2.75) is 12.5 Å².